The van der Waals surface area contributed by atoms with Gasteiger partial charge in [0.2, 0.25) is 0 Å². The maximum atomic E-state index is 12.7. The maximum absolute atomic E-state index is 12.7. The van der Waals surface area contributed by atoms with Crippen LogP contribution in [0.1, 0.15) is 76.1 Å². The van der Waals surface area contributed by atoms with E-state index in [0.717, 1.165) is 50.7 Å². The minimum atomic E-state index is -0.287. The smallest absolute Gasteiger partial charge is 0.338 e. The summed E-state index contributed by atoms with van der Waals surface area (Å²) in [4.78, 5) is 12.7. The zero-order chi connectivity index (χ0) is 22.7. The molecule has 1 aromatic rings. The Labute approximate surface area is 191 Å². The highest BCUT2D eigenvalue weighted by Gasteiger charge is 2.66. The first kappa shape index (κ1) is 21.9. The number of aliphatic hydroxyl groups excluding tert-OH is 1. The van der Waals surface area contributed by atoms with Crippen LogP contribution in [0.2, 0.25) is 0 Å². The van der Waals surface area contributed by atoms with Crippen LogP contribution in [0.25, 0.3) is 0 Å². The van der Waals surface area contributed by atoms with Crippen LogP contribution in [0, 0.1) is 40.4 Å². The summed E-state index contributed by atoms with van der Waals surface area (Å²) >= 11 is 0. The van der Waals surface area contributed by atoms with E-state index in [2.05, 4.69) is 25.9 Å². The Balaban J connectivity index is 1.39. The fourth-order valence-electron chi connectivity index (χ4n) is 8.58. The Hall–Kier alpha value is -1.88. The van der Waals surface area contributed by atoms with Crippen LogP contribution in [-0.4, -0.2) is 34.2 Å². The van der Waals surface area contributed by atoms with Gasteiger partial charge < -0.3 is 15.1 Å². The number of ether oxygens (including phenoxy) is 1. The Kier molecular flexibility index (Phi) is 5.39. The topological polar surface area (TPSA) is 79.1 Å². The molecule has 9 atom stereocenters. The lowest BCUT2D eigenvalue weighted by Gasteiger charge is -2.50. The molecule has 1 aromatic carbocycles. The first-order valence-electron chi connectivity index (χ1n) is 12.5. The van der Waals surface area contributed by atoms with Crippen LogP contribution in [0.3, 0.4) is 0 Å². The number of nitrogens with zero attached hydrogens (tertiary/aromatic N) is 1. The molecule has 4 saturated carbocycles. The summed E-state index contributed by atoms with van der Waals surface area (Å²) in [7, 11) is 0. The molecular formula is C27H37NO4. The highest BCUT2D eigenvalue weighted by molar-refractivity contribution is 5.93. The first-order valence-corrected chi connectivity index (χ1v) is 12.5. The molecule has 0 aliphatic heterocycles. The fraction of sp³-hybridized carbons (Fsp3) is 0.704. The largest absolute Gasteiger partial charge is 0.459 e. The van der Waals surface area contributed by atoms with Crippen molar-refractivity contribution in [3.05, 3.63) is 35.9 Å². The average molecular weight is 440 g/mol. The van der Waals surface area contributed by atoms with Gasteiger partial charge in [-0.3, -0.25) is 0 Å². The number of hydrogen-bond acceptors (Lipinski definition) is 5. The third-order valence-electron chi connectivity index (χ3n) is 10.2. The molecule has 32 heavy (non-hydrogen) atoms. The van der Waals surface area contributed by atoms with Crippen molar-refractivity contribution in [2.45, 2.75) is 77.9 Å². The van der Waals surface area contributed by atoms with Crippen LogP contribution >= 0.6 is 0 Å². The van der Waals surface area contributed by atoms with Crippen molar-refractivity contribution in [1.82, 2.24) is 0 Å². The van der Waals surface area contributed by atoms with E-state index in [9.17, 15) is 15.1 Å². The van der Waals surface area contributed by atoms with Crippen LogP contribution in [0.5, 0.6) is 0 Å². The van der Waals surface area contributed by atoms with Crippen molar-refractivity contribution in [3.63, 3.8) is 0 Å². The van der Waals surface area contributed by atoms with Crippen molar-refractivity contribution in [2.75, 3.05) is 0 Å². The van der Waals surface area contributed by atoms with Crippen molar-refractivity contribution >= 4 is 11.7 Å². The number of benzene rings is 1. The summed E-state index contributed by atoms with van der Waals surface area (Å²) in [6.07, 6.45) is 6.52. The zero-order valence-corrected chi connectivity index (χ0v) is 19.5. The molecule has 5 heteroatoms. The SMILES string of the molecule is C[C@@H](OC(=O)c1ccccc1)[C@H]1CC[C@H]2[C@@H]3/C(=N/O)C4C[C@@H](O)CC[C@]4(C)[C@H]3CC[C@]12C. The molecule has 0 aromatic heterocycles. The van der Waals surface area contributed by atoms with Gasteiger partial charge in [0.05, 0.1) is 17.4 Å². The minimum absolute atomic E-state index is 0.0654. The molecule has 4 fully saturated rings. The number of fused-ring (bicyclic) bond motifs is 5. The Morgan fingerprint density at radius 1 is 1.06 bits per heavy atom. The predicted molar refractivity (Wildman–Crippen MR) is 123 cm³/mol. The molecule has 4 aliphatic rings. The molecule has 174 valence electrons. The van der Waals surface area contributed by atoms with E-state index in [1.165, 1.54) is 0 Å². The van der Waals surface area contributed by atoms with Gasteiger partial charge in [-0.25, -0.2) is 4.79 Å². The quantitative estimate of drug-likeness (QED) is 0.380. The van der Waals surface area contributed by atoms with E-state index >= 15 is 0 Å². The van der Waals surface area contributed by atoms with Gasteiger partial charge in [-0.1, -0.05) is 37.2 Å². The van der Waals surface area contributed by atoms with Crippen molar-refractivity contribution in [1.29, 1.82) is 0 Å². The third kappa shape index (κ3) is 3.14. The molecule has 1 unspecified atom stereocenters. The molecule has 0 spiro atoms. The van der Waals surface area contributed by atoms with Gasteiger partial charge in [0, 0.05) is 17.8 Å². The molecule has 5 rings (SSSR count). The highest BCUT2D eigenvalue weighted by atomic mass is 16.5. The highest BCUT2D eigenvalue weighted by Crippen LogP contribution is 2.69. The van der Waals surface area contributed by atoms with Crippen LogP contribution in [0.15, 0.2) is 35.5 Å². The lowest BCUT2D eigenvalue weighted by Crippen LogP contribution is -2.46. The van der Waals surface area contributed by atoms with Crippen LogP contribution in [-0.2, 0) is 4.74 Å². The lowest BCUT2D eigenvalue weighted by molar-refractivity contribution is -0.0529. The second-order valence-electron chi connectivity index (χ2n) is 11.5. The Morgan fingerprint density at radius 3 is 2.47 bits per heavy atom. The molecule has 5 nitrogen and oxygen atoms in total. The molecule has 0 saturated heterocycles. The number of carbonyl (C=O) groups excluding carboxylic acids is 1. The van der Waals surface area contributed by atoms with E-state index in [-0.39, 0.29) is 40.8 Å². The minimum Gasteiger partial charge on any atom is -0.459 e. The number of carbonyl (C=O) groups is 1. The molecule has 0 bridgehead atoms. The molecule has 0 amide bonds. The Morgan fingerprint density at radius 2 is 1.75 bits per heavy atom. The van der Waals surface area contributed by atoms with Gasteiger partial charge in [0.25, 0.3) is 0 Å². The van der Waals surface area contributed by atoms with Gasteiger partial charge in [-0.2, -0.15) is 0 Å². The van der Waals surface area contributed by atoms with Crippen LogP contribution < -0.4 is 0 Å². The molecule has 4 aliphatic carbocycles. The van der Waals surface area contributed by atoms with E-state index in [0.29, 0.717) is 23.3 Å². The van der Waals surface area contributed by atoms with Crippen LogP contribution in [0.4, 0.5) is 0 Å². The second kappa shape index (κ2) is 7.86. The van der Waals surface area contributed by atoms with Crippen molar-refractivity contribution < 1.29 is 19.8 Å². The summed E-state index contributed by atoms with van der Waals surface area (Å²) < 4.78 is 5.98. The maximum Gasteiger partial charge on any atom is 0.338 e. The van der Waals surface area contributed by atoms with E-state index in [1.54, 1.807) is 12.1 Å². The number of esters is 1. The standard InChI is InChI=1S/C27H37NO4/c1-16(32-25(30)17-7-5-4-6-8-17)19-9-10-20-23-21(12-14-26(19,20)2)27(3)13-11-18(29)15-22(27)24(23)28-31/h4-8,16,18-23,29,31H,9-15H2,1-3H3/b28-24+/t16-,18+,19-,20+,21+,22?,23+,26-,27-/m1/s1. The third-order valence-corrected chi connectivity index (χ3v) is 10.2. The predicted octanol–water partition coefficient (Wildman–Crippen LogP) is 5.30. The number of aliphatic hydroxyl groups is 1. The number of hydrogen-bond donors (Lipinski definition) is 2. The summed E-state index contributed by atoms with van der Waals surface area (Å²) in [5, 5.41) is 24.4. The molecule has 0 heterocycles. The molecular weight excluding hydrogens is 402 g/mol. The van der Waals surface area contributed by atoms with Gasteiger partial charge in [-0.05, 0) is 86.7 Å². The summed E-state index contributed by atoms with van der Waals surface area (Å²) in [5.41, 5.74) is 1.73. The second-order valence-corrected chi connectivity index (χ2v) is 11.5. The molecule has 2 N–H and O–H groups in total. The van der Waals surface area contributed by atoms with E-state index < -0.39 is 0 Å². The normalized spacial score (nSPS) is 45.1. The number of rotatable bonds is 3. The van der Waals surface area contributed by atoms with Crippen molar-refractivity contribution in [3.8, 4) is 0 Å². The average Bonchev–Trinajstić information content (AvgIpc) is 3.26. The first-order chi connectivity index (χ1) is 15.3. The van der Waals surface area contributed by atoms with Gasteiger partial charge in [0.15, 0.2) is 0 Å². The summed E-state index contributed by atoms with van der Waals surface area (Å²) in [6, 6.07) is 9.24. The van der Waals surface area contributed by atoms with E-state index in [4.69, 9.17) is 4.74 Å². The molecule has 0 radical (unpaired) electrons. The summed E-state index contributed by atoms with van der Waals surface area (Å²) in [6.45, 7) is 6.81. The zero-order valence-electron chi connectivity index (χ0n) is 19.5. The Bertz CT molecular complexity index is 900. The van der Waals surface area contributed by atoms with Crippen molar-refractivity contribution in [2.24, 2.45) is 45.6 Å². The van der Waals surface area contributed by atoms with Gasteiger partial charge >= 0.3 is 5.97 Å². The summed E-state index contributed by atoms with van der Waals surface area (Å²) in [5.74, 6) is 1.48. The number of oxime groups is 1. The van der Waals surface area contributed by atoms with Gasteiger partial charge in [0.1, 0.15) is 6.10 Å². The monoisotopic (exact) mass is 439 g/mol. The lowest BCUT2D eigenvalue weighted by atomic mass is 9.54. The van der Waals surface area contributed by atoms with Gasteiger partial charge in [-0.15, -0.1) is 0 Å². The fourth-order valence-corrected chi connectivity index (χ4v) is 8.58. The van der Waals surface area contributed by atoms with E-state index in [1.807, 2.05) is 18.2 Å².